The SMILES string of the molecule is Cc1ccc(-n2c(-c3ccccc3)nc3cnccc32)cc1. The van der Waals surface area contributed by atoms with Crippen LogP contribution in [0.4, 0.5) is 0 Å². The number of benzene rings is 2. The summed E-state index contributed by atoms with van der Waals surface area (Å²) in [6.07, 6.45) is 3.62. The van der Waals surface area contributed by atoms with Gasteiger partial charge in [0.15, 0.2) is 0 Å². The molecule has 0 atom stereocenters. The number of aryl methyl sites for hydroxylation is 1. The van der Waals surface area contributed by atoms with Gasteiger partial charge in [0.05, 0.1) is 11.7 Å². The highest BCUT2D eigenvalue weighted by atomic mass is 15.1. The Morgan fingerprint density at radius 3 is 2.41 bits per heavy atom. The van der Waals surface area contributed by atoms with Crippen LogP contribution in [0.3, 0.4) is 0 Å². The molecule has 0 saturated carbocycles. The molecule has 0 amide bonds. The monoisotopic (exact) mass is 285 g/mol. The molecule has 0 N–H and O–H groups in total. The second-order valence-electron chi connectivity index (χ2n) is 5.34. The van der Waals surface area contributed by atoms with Crippen molar-refractivity contribution in [2.75, 3.05) is 0 Å². The van der Waals surface area contributed by atoms with Crippen LogP contribution in [0, 0.1) is 6.92 Å². The van der Waals surface area contributed by atoms with E-state index in [1.807, 2.05) is 36.7 Å². The van der Waals surface area contributed by atoms with Gasteiger partial charge in [0.1, 0.15) is 11.3 Å². The molecule has 0 spiro atoms. The lowest BCUT2D eigenvalue weighted by molar-refractivity contribution is 1.10. The fourth-order valence-corrected chi connectivity index (χ4v) is 2.67. The molecule has 106 valence electrons. The van der Waals surface area contributed by atoms with Gasteiger partial charge < -0.3 is 0 Å². The molecule has 3 heteroatoms. The number of rotatable bonds is 2. The third kappa shape index (κ3) is 2.07. The smallest absolute Gasteiger partial charge is 0.145 e. The Hall–Kier alpha value is -2.94. The van der Waals surface area contributed by atoms with Crippen molar-refractivity contribution in [3.05, 3.63) is 78.6 Å². The molecule has 2 aromatic heterocycles. The summed E-state index contributed by atoms with van der Waals surface area (Å²) >= 11 is 0. The van der Waals surface area contributed by atoms with E-state index in [2.05, 4.69) is 52.9 Å². The Morgan fingerprint density at radius 1 is 0.864 bits per heavy atom. The molecule has 2 aromatic carbocycles. The average molecular weight is 285 g/mol. The van der Waals surface area contributed by atoms with Crippen molar-refractivity contribution in [1.29, 1.82) is 0 Å². The minimum absolute atomic E-state index is 0.905. The predicted octanol–water partition coefficient (Wildman–Crippen LogP) is 4.40. The first kappa shape index (κ1) is 12.8. The van der Waals surface area contributed by atoms with E-state index in [0.717, 1.165) is 28.1 Å². The summed E-state index contributed by atoms with van der Waals surface area (Å²) in [7, 11) is 0. The third-order valence-electron chi connectivity index (χ3n) is 3.78. The van der Waals surface area contributed by atoms with Crippen LogP contribution in [-0.4, -0.2) is 14.5 Å². The normalized spacial score (nSPS) is 11.0. The molecule has 0 bridgehead atoms. The van der Waals surface area contributed by atoms with Crippen LogP contribution in [-0.2, 0) is 0 Å². The number of imidazole rings is 1. The van der Waals surface area contributed by atoms with Gasteiger partial charge in [0.25, 0.3) is 0 Å². The topological polar surface area (TPSA) is 30.7 Å². The highest BCUT2D eigenvalue weighted by molar-refractivity contribution is 5.82. The van der Waals surface area contributed by atoms with Crippen molar-refractivity contribution in [1.82, 2.24) is 14.5 Å². The first-order chi connectivity index (χ1) is 10.8. The molecule has 22 heavy (non-hydrogen) atoms. The average Bonchev–Trinajstić information content (AvgIpc) is 2.96. The van der Waals surface area contributed by atoms with Crippen molar-refractivity contribution in [3.63, 3.8) is 0 Å². The van der Waals surface area contributed by atoms with Crippen molar-refractivity contribution < 1.29 is 0 Å². The van der Waals surface area contributed by atoms with Crippen LogP contribution in [0.25, 0.3) is 28.1 Å². The summed E-state index contributed by atoms with van der Waals surface area (Å²) in [6, 6.07) is 20.8. The number of nitrogens with zero attached hydrogens (tertiary/aromatic N) is 3. The zero-order valence-corrected chi connectivity index (χ0v) is 12.3. The van der Waals surface area contributed by atoms with Gasteiger partial charge in [-0.25, -0.2) is 4.98 Å². The van der Waals surface area contributed by atoms with Gasteiger partial charge in [-0.15, -0.1) is 0 Å². The first-order valence-corrected chi connectivity index (χ1v) is 7.28. The van der Waals surface area contributed by atoms with Gasteiger partial charge in [0.2, 0.25) is 0 Å². The highest BCUT2D eigenvalue weighted by Crippen LogP contribution is 2.28. The number of hydrogen-bond acceptors (Lipinski definition) is 2. The predicted molar refractivity (Wildman–Crippen MR) is 89.0 cm³/mol. The van der Waals surface area contributed by atoms with Gasteiger partial charge in [-0.2, -0.15) is 0 Å². The summed E-state index contributed by atoms with van der Waals surface area (Å²) in [5.41, 5.74) is 5.42. The number of fused-ring (bicyclic) bond motifs is 1. The van der Waals surface area contributed by atoms with E-state index in [0.29, 0.717) is 0 Å². The number of hydrogen-bond donors (Lipinski definition) is 0. The van der Waals surface area contributed by atoms with E-state index in [1.165, 1.54) is 5.56 Å². The van der Waals surface area contributed by atoms with Crippen LogP contribution < -0.4 is 0 Å². The molecule has 4 rings (SSSR count). The van der Waals surface area contributed by atoms with Crippen LogP contribution in [0.2, 0.25) is 0 Å². The summed E-state index contributed by atoms with van der Waals surface area (Å²) in [5, 5.41) is 0. The van der Waals surface area contributed by atoms with Gasteiger partial charge in [-0.3, -0.25) is 9.55 Å². The Labute approximate surface area is 128 Å². The van der Waals surface area contributed by atoms with E-state index in [9.17, 15) is 0 Å². The molecule has 0 aliphatic carbocycles. The van der Waals surface area contributed by atoms with E-state index in [-0.39, 0.29) is 0 Å². The molecule has 0 unspecified atom stereocenters. The maximum Gasteiger partial charge on any atom is 0.145 e. The lowest BCUT2D eigenvalue weighted by Gasteiger charge is -2.09. The van der Waals surface area contributed by atoms with Gasteiger partial charge in [-0.05, 0) is 25.1 Å². The highest BCUT2D eigenvalue weighted by Gasteiger charge is 2.13. The van der Waals surface area contributed by atoms with Gasteiger partial charge in [0, 0.05) is 17.4 Å². The molecule has 0 aliphatic rings. The van der Waals surface area contributed by atoms with Crippen molar-refractivity contribution in [2.24, 2.45) is 0 Å². The molecule has 0 aliphatic heterocycles. The molecule has 0 saturated heterocycles. The van der Waals surface area contributed by atoms with Crippen molar-refractivity contribution in [3.8, 4) is 17.1 Å². The Balaban J connectivity index is 2.04. The Morgan fingerprint density at radius 2 is 1.64 bits per heavy atom. The van der Waals surface area contributed by atoms with Gasteiger partial charge >= 0.3 is 0 Å². The molecule has 3 nitrogen and oxygen atoms in total. The molecule has 0 radical (unpaired) electrons. The summed E-state index contributed by atoms with van der Waals surface area (Å²) in [4.78, 5) is 8.98. The molecule has 2 heterocycles. The second-order valence-corrected chi connectivity index (χ2v) is 5.34. The Bertz CT molecular complexity index is 922. The zero-order valence-electron chi connectivity index (χ0n) is 12.3. The van der Waals surface area contributed by atoms with E-state index >= 15 is 0 Å². The lowest BCUT2D eigenvalue weighted by Crippen LogP contribution is -1.97. The van der Waals surface area contributed by atoms with Crippen LogP contribution >= 0.6 is 0 Å². The summed E-state index contributed by atoms with van der Waals surface area (Å²) in [6.45, 7) is 2.10. The van der Waals surface area contributed by atoms with Crippen molar-refractivity contribution in [2.45, 2.75) is 6.92 Å². The summed E-state index contributed by atoms with van der Waals surface area (Å²) in [5.74, 6) is 0.937. The van der Waals surface area contributed by atoms with Crippen LogP contribution in [0.15, 0.2) is 73.1 Å². The summed E-state index contributed by atoms with van der Waals surface area (Å²) < 4.78 is 2.19. The molecular weight excluding hydrogens is 270 g/mol. The molecular formula is C19H15N3. The standard InChI is InChI=1S/C19H15N3/c1-14-7-9-16(10-8-14)22-18-11-12-20-13-17(18)21-19(22)15-5-3-2-4-6-15/h2-13H,1H3. The quantitative estimate of drug-likeness (QED) is 0.546. The zero-order chi connectivity index (χ0) is 14.9. The number of aromatic nitrogens is 3. The lowest BCUT2D eigenvalue weighted by atomic mass is 10.2. The number of pyridine rings is 1. The maximum absolute atomic E-state index is 4.78. The van der Waals surface area contributed by atoms with Crippen LogP contribution in [0.1, 0.15) is 5.56 Å². The fraction of sp³-hybridized carbons (Fsp3) is 0.0526. The third-order valence-corrected chi connectivity index (χ3v) is 3.78. The minimum atomic E-state index is 0.905. The first-order valence-electron chi connectivity index (χ1n) is 7.28. The van der Waals surface area contributed by atoms with E-state index < -0.39 is 0 Å². The van der Waals surface area contributed by atoms with E-state index in [4.69, 9.17) is 4.98 Å². The fourth-order valence-electron chi connectivity index (χ4n) is 2.67. The Kier molecular flexibility index (Phi) is 2.97. The molecule has 4 aromatic rings. The van der Waals surface area contributed by atoms with Gasteiger partial charge in [-0.1, -0.05) is 48.0 Å². The van der Waals surface area contributed by atoms with E-state index in [1.54, 1.807) is 0 Å². The maximum atomic E-state index is 4.78. The minimum Gasteiger partial charge on any atom is -0.292 e. The second kappa shape index (κ2) is 5.11. The van der Waals surface area contributed by atoms with Crippen LogP contribution in [0.5, 0.6) is 0 Å². The van der Waals surface area contributed by atoms with Crippen molar-refractivity contribution >= 4 is 11.0 Å². The largest absolute Gasteiger partial charge is 0.292 e. The molecule has 0 fully saturated rings.